The van der Waals surface area contributed by atoms with E-state index in [9.17, 15) is 9.59 Å². The molecular formula is C29H28N4O3. The number of nitrogens with zero attached hydrogens (tertiary/aromatic N) is 1. The molecule has 1 aliphatic heterocycles. The van der Waals surface area contributed by atoms with Crippen molar-refractivity contribution in [1.29, 1.82) is 0 Å². The third kappa shape index (κ3) is 5.21. The quantitative estimate of drug-likeness (QED) is 0.330. The number of para-hydroxylation sites is 1. The highest BCUT2D eigenvalue weighted by Gasteiger charge is 2.27. The maximum Gasteiger partial charge on any atom is 0.278 e. The first-order chi connectivity index (χ1) is 17.6. The molecule has 4 aromatic rings. The molecule has 3 aromatic carbocycles. The van der Waals surface area contributed by atoms with Crippen molar-refractivity contribution >= 4 is 23.2 Å². The van der Waals surface area contributed by atoms with Crippen molar-refractivity contribution in [3.63, 3.8) is 0 Å². The number of hydrogen-bond acceptors (Lipinski definition) is 5. The summed E-state index contributed by atoms with van der Waals surface area (Å²) in [7, 11) is 0. The lowest BCUT2D eigenvalue weighted by atomic mass is 9.98. The molecule has 1 fully saturated rings. The zero-order valence-electron chi connectivity index (χ0n) is 20.1. The van der Waals surface area contributed by atoms with Crippen LogP contribution in [0.5, 0.6) is 0 Å². The smallest absolute Gasteiger partial charge is 0.278 e. The van der Waals surface area contributed by atoms with E-state index in [2.05, 4.69) is 16.0 Å². The number of aromatic nitrogens is 1. The van der Waals surface area contributed by atoms with Gasteiger partial charge in [-0.15, -0.1) is 0 Å². The highest BCUT2D eigenvalue weighted by atomic mass is 16.4. The van der Waals surface area contributed by atoms with Gasteiger partial charge in [0, 0.05) is 35.3 Å². The minimum absolute atomic E-state index is 0.146. The van der Waals surface area contributed by atoms with Crippen LogP contribution < -0.4 is 16.0 Å². The van der Waals surface area contributed by atoms with Gasteiger partial charge >= 0.3 is 0 Å². The number of benzene rings is 3. The summed E-state index contributed by atoms with van der Waals surface area (Å²) in [5, 5.41) is 9.17. The van der Waals surface area contributed by atoms with Gasteiger partial charge in [0.2, 0.25) is 5.91 Å². The van der Waals surface area contributed by atoms with Crippen LogP contribution in [0.25, 0.3) is 22.5 Å². The number of piperidine rings is 1. The lowest BCUT2D eigenvalue weighted by Gasteiger charge is -2.19. The molecule has 0 unspecified atom stereocenters. The molecule has 1 aromatic heterocycles. The minimum Gasteiger partial charge on any atom is -0.440 e. The van der Waals surface area contributed by atoms with Gasteiger partial charge in [0.15, 0.2) is 17.3 Å². The Bertz CT molecular complexity index is 1360. The molecule has 0 spiro atoms. The highest BCUT2D eigenvalue weighted by Crippen LogP contribution is 2.34. The molecule has 36 heavy (non-hydrogen) atoms. The molecule has 182 valence electrons. The average Bonchev–Trinajstić information content (AvgIpc) is 3.36. The summed E-state index contributed by atoms with van der Waals surface area (Å²) in [4.78, 5) is 29.7. The molecule has 5 rings (SSSR count). The first-order valence-electron chi connectivity index (χ1n) is 12.1. The number of oxazole rings is 1. The Hall–Kier alpha value is -4.23. The molecule has 2 heterocycles. The molecule has 2 amide bonds. The number of hydrogen-bond donors (Lipinski definition) is 3. The van der Waals surface area contributed by atoms with E-state index >= 15 is 0 Å². The van der Waals surface area contributed by atoms with E-state index in [0.717, 1.165) is 42.6 Å². The third-order valence-corrected chi connectivity index (χ3v) is 6.27. The van der Waals surface area contributed by atoms with E-state index in [1.165, 1.54) is 6.92 Å². The molecule has 0 aliphatic carbocycles. The summed E-state index contributed by atoms with van der Waals surface area (Å²) < 4.78 is 6.25. The molecule has 0 radical (unpaired) electrons. The Labute approximate surface area is 210 Å². The summed E-state index contributed by atoms with van der Waals surface area (Å²) in [5.74, 6) is 0.685. The number of anilines is 2. The first-order valence-corrected chi connectivity index (χ1v) is 12.1. The molecule has 1 aliphatic rings. The Kier molecular flexibility index (Phi) is 6.91. The van der Waals surface area contributed by atoms with E-state index in [1.54, 1.807) is 12.1 Å². The molecule has 7 nitrogen and oxygen atoms in total. The predicted octanol–water partition coefficient (Wildman–Crippen LogP) is 5.69. The summed E-state index contributed by atoms with van der Waals surface area (Å²) in [6.07, 6.45) is 1.80. The van der Waals surface area contributed by atoms with E-state index in [0.29, 0.717) is 23.0 Å². The Morgan fingerprint density at radius 1 is 0.861 bits per heavy atom. The van der Waals surface area contributed by atoms with Gasteiger partial charge in [0.1, 0.15) is 0 Å². The average molecular weight is 481 g/mol. The van der Waals surface area contributed by atoms with Crippen molar-refractivity contribution in [1.82, 2.24) is 10.3 Å². The maximum atomic E-state index is 13.6. The van der Waals surface area contributed by atoms with Gasteiger partial charge in [0.05, 0.1) is 0 Å². The van der Waals surface area contributed by atoms with Crippen LogP contribution in [0.3, 0.4) is 0 Å². The number of nitrogens with one attached hydrogen (secondary N) is 3. The third-order valence-electron chi connectivity index (χ3n) is 6.27. The van der Waals surface area contributed by atoms with Crippen molar-refractivity contribution < 1.29 is 14.0 Å². The topological polar surface area (TPSA) is 96.3 Å². The molecule has 0 atom stereocenters. The van der Waals surface area contributed by atoms with Crippen molar-refractivity contribution in [2.45, 2.75) is 25.7 Å². The minimum atomic E-state index is -0.330. The standard InChI is InChI=1S/C29H28N4O3/c1-19(34)31-23-13-11-21(12-14-23)27-26(33-29(36-27)22-15-17-30-18-16-22)28(35)32-25-10-6-5-9-24(25)20-7-3-2-4-8-20/h2-14,22,30H,15-18H2,1H3,(H,31,34)(H,32,35). The van der Waals surface area contributed by atoms with Crippen LogP contribution in [0.1, 0.15) is 42.1 Å². The summed E-state index contributed by atoms with van der Waals surface area (Å²) >= 11 is 0. The lowest BCUT2D eigenvalue weighted by Crippen LogP contribution is -2.26. The van der Waals surface area contributed by atoms with Crippen LogP contribution in [0.2, 0.25) is 0 Å². The first kappa shape index (κ1) is 23.5. The lowest BCUT2D eigenvalue weighted by molar-refractivity contribution is -0.114. The van der Waals surface area contributed by atoms with Crippen LogP contribution in [0.15, 0.2) is 83.3 Å². The number of carbonyl (C=O) groups excluding carboxylic acids is 2. The second-order valence-electron chi connectivity index (χ2n) is 8.88. The van der Waals surface area contributed by atoms with Gasteiger partial charge in [-0.25, -0.2) is 4.98 Å². The number of amides is 2. The van der Waals surface area contributed by atoms with Gasteiger partial charge in [0.25, 0.3) is 5.91 Å². The van der Waals surface area contributed by atoms with Crippen molar-refractivity contribution in [3.8, 4) is 22.5 Å². The summed E-state index contributed by atoms with van der Waals surface area (Å²) in [6, 6.07) is 24.9. The van der Waals surface area contributed by atoms with Gasteiger partial charge < -0.3 is 20.4 Å². The van der Waals surface area contributed by atoms with Crippen LogP contribution in [0, 0.1) is 0 Å². The Balaban J connectivity index is 1.49. The van der Waals surface area contributed by atoms with E-state index in [4.69, 9.17) is 9.40 Å². The van der Waals surface area contributed by atoms with Crippen molar-refractivity contribution in [2.24, 2.45) is 0 Å². The zero-order valence-corrected chi connectivity index (χ0v) is 20.1. The van der Waals surface area contributed by atoms with Gasteiger partial charge in [-0.1, -0.05) is 48.5 Å². The number of carbonyl (C=O) groups is 2. The normalized spacial score (nSPS) is 13.8. The van der Waals surface area contributed by atoms with E-state index < -0.39 is 0 Å². The van der Waals surface area contributed by atoms with Crippen LogP contribution in [0.4, 0.5) is 11.4 Å². The SMILES string of the molecule is CC(=O)Nc1ccc(-c2oc(C3CCNCC3)nc2C(=O)Nc2ccccc2-c2ccccc2)cc1. The fourth-order valence-corrected chi connectivity index (χ4v) is 4.48. The van der Waals surface area contributed by atoms with E-state index in [1.807, 2.05) is 66.7 Å². The van der Waals surface area contributed by atoms with Crippen molar-refractivity contribution in [3.05, 3.63) is 90.4 Å². The van der Waals surface area contributed by atoms with Crippen LogP contribution in [-0.4, -0.2) is 29.9 Å². The fourth-order valence-electron chi connectivity index (χ4n) is 4.48. The second kappa shape index (κ2) is 10.6. The Morgan fingerprint density at radius 3 is 2.28 bits per heavy atom. The largest absolute Gasteiger partial charge is 0.440 e. The monoisotopic (exact) mass is 480 g/mol. The van der Waals surface area contributed by atoms with Gasteiger partial charge in [-0.05, 0) is 61.8 Å². The maximum absolute atomic E-state index is 13.6. The molecular weight excluding hydrogens is 452 g/mol. The van der Waals surface area contributed by atoms with Crippen molar-refractivity contribution in [2.75, 3.05) is 23.7 Å². The van der Waals surface area contributed by atoms with Crippen LogP contribution in [-0.2, 0) is 4.79 Å². The molecule has 0 bridgehead atoms. The second-order valence-corrected chi connectivity index (χ2v) is 8.88. The van der Waals surface area contributed by atoms with Gasteiger partial charge in [-0.2, -0.15) is 0 Å². The van der Waals surface area contributed by atoms with Crippen LogP contribution >= 0.6 is 0 Å². The van der Waals surface area contributed by atoms with Gasteiger partial charge in [-0.3, -0.25) is 9.59 Å². The highest BCUT2D eigenvalue weighted by molar-refractivity contribution is 6.08. The van der Waals surface area contributed by atoms with E-state index in [-0.39, 0.29) is 23.4 Å². The number of rotatable bonds is 6. The molecule has 3 N–H and O–H groups in total. The Morgan fingerprint density at radius 2 is 1.56 bits per heavy atom. The summed E-state index contributed by atoms with van der Waals surface area (Å²) in [6.45, 7) is 3.24. The fraction of sp³-hybridized carbons (Fsp3) is 0.207. The predicted molar refractivity (Wildman–Crippen MR) is 141 cm³/mol. The summed E-state index contributed by atoms with van der Waals surface area (Å²) in [5.41, 5.74) is 4.28. The zero-order chi connectivity index (χ0) is 24.9. The molecule has 1 saturated heterocycles. The molecule has 7 heteroatoms. The molecule has 0 saturated carbocycles.